The Hall–Kier alpha value is -0.450. The Morgan fingerprint density at radius 3 is 1.76 bits per heavy atom. The van der Waals surface area contributed by atoms with Crippen molar-refractivity contribution in [1.82, 2.24) is 0 Å². The van der Waals surface area contributed by atoms with Gasteiger partial charge in [-0.15, -0.1) is 0 Å². The summed E-state index contributed by atoms with van der Waals surface area (Å²) in [6, 6.07) is 0. The van der Waals surface area contributed by atoms with Gasteiger partial charge in [0.15, 0.2) is 5.78 Å². The van der Waals surface area contributed by atoms with Gasteiger partial charge in [0.25, 0.3) is 0 Å². The molecule has 1 unspecified atom stereocenters. The predicted octanol–water partition coefficient (Wildman–Crippen LogP) is 3.15. The number of hydrogen-bond acceptors (Lipinski definition) is 4. The fourth-order valence-corrected chi connectivity index (χ4v) is 0.698. The Morgan fingerprint density at radius 2 is 1.47 bits per heavy atom. The molecule has 4 nitrogen and oxygen atoms in total. The van der Waals surface area contributed by atoms with E-state index in [2.05, 4.69) is 0 Å². The van der Waals surface area contributed by atoms with Crippen LogP contribution >= 0.6 is 0 Å². The van der Waals surface area contributed by atoms with E-state index in [4.69, 9.17) is 14.9 Å². The fourth-order valence-electron chi connectivity index (χ4n) is 0.698. The Kier molecular flexibility index (Phi) is 76.3. The van der Waals surface area contributed by atoms with Crippen molar-refractivity contribution in [1.29, 1.82) is 0 Å². The Morgan fingerprint density at radius 1 is 1.06 bits per heavy atom. The maximum absolute atomic E-state index is 10.6. The lowest BCUT2D eigenvalue weighted by molar-refractivity contribution is -0.124. The molecule has 0 aliphatic rings. The van der Waals surface area contributed by atoms with Crippen molar-refractivity contribution in [3.8, 4) is 0 Å². The zero-order valence-electron chi connectivity index (χ0n) is 6.62. The normalized spacial score (nSPS) is 8.41. The molecule has 0 saturated heterocycles. The van der Waals surface area contributed by atoms with Crippen LogP contribution in [0.2, 0.25) is 0 Å². The van der Waals surface area contributed by atoms with Crippen LogP contribution in [0.1, 0.15) is 57.9 Å². The lowest BCUT2D eigenvalue weighted by atomic mass is 10.2. The molecule has 0 bridgehead atoms. The van der Waals surface area contributed by atoms with Crippen LogP contribution in [0.15, 0.2) is 0 Å². The lowest BCUT2D eigenvalue weighted by Crippen LogP contribution is -2.17. The zero-order chi connectivity index (χ0) is 8.69. The van der Waals surface area contributed by atoms with E-state index in [1.165, 1.54) is 0 Å². The molecule has 2 N–H and O–H groups in total. The van der Waals surface area contributed by atoms with Crippen LogP contribution in [0, 0.1) is 0 Å². The van der Waals surface area contributed by atoms with Gasteiger partial charge in [-0.25, -0.2) is 0 Å². The SMILES string of the molecule is C.C.C.C.C.C.CC(CC(=O)CO)OCCO. The van der Waals surface area contributed by atoms with E-state index >= 15 is 0 Å². The number of ketones is 1. The average molecular weight is 258 g/mol. The van der Waals surface area contributed by atoms with Crippen molar-refractivity contribution in [2.24, 2.45) is 0 Å². The molecule has 0 aliphatic carbocycles. The van der Waals surface area contributed by atoms with Crippen LogP contribution in [0.4, 0.5) is 0 Å². The minimum absolute atomic E-state index is 0. The van der Waals surface area contributed by atoms with Crippen molar-refractivity contribution in [3.05, 3.63) is 0 Å². The van der Waals surface area contributed by atoms with E-state index in [1.54, 1.807) is 6.92 Å². The van der Waals surface area contributed by atoms with Crippen LogP contribution in [-0.4, -0.2) is 41.9 Å². The van der Waals surface area contributed by atoms with E-state index in [1.807, 2.05) is 0 Å². The van der Waals surface area contributed by atoms with Crippen molar-refractivity contribution >= 4 is 5.78 Å². The predicted molar refractivity (Wildman–Crippen MR) is 79.6 cm³/mol. The molecular formula is C13H38O4. The molecule has 1 atom stereocenters. The number of carbonyl (C=O) groups is 1. The fraction of sp³-hybridized carbons (Fsp3) is 0.923. The van der Waals surface area contributed by atoms with Gasteiger partial charge in [-0.3, -0.25) is 4.79 Å². The van der Waals surface area contributed by atoms with Gasteiger partial charge >= 0.3 is 0 Å². The molecule has 0 heterocycles. The monoisotopic (exact) mass is 258 g/mol. The van der Waals surface area contributed by atoms with Gasteiger partial charge in [0.05, 0.1) is 19.3 Å². The van der Waals surface area contributed by atoms with E-state index in [0.29, 0.717) is 0 Å². The summed E-state index contributed by atoms with van der Waals surface area (Å²) in [5, 5.41) is 16.7. The molecule has 0 aromatic rings. The van der Waals surface area contributed by atoms with Gasteiger partial charge in [0.1, 0.15) is 6.61 Å². The standard InChI is InChI=1S/C7H14O4.6CH4/c1-6(11-3-2-8)4-7(10)5-9;;;;;;/h6,8-9H,2-5H2,1H3;6*1H4. The van der Waals surface area contributed by atoms with Crippen LogP contribution in [0.3, 0.4) is 0 Å². The lowest BCUT2D eigenvalue weighted by Gasteiger charge is -2.09. The summed E-state index contributed by atoms with van der Waals surface area (Å²) < 4.78 is 4.98. The first-order chi connectivity index (χ1) is 5.20. The minimum Gasteiger partial charge on any atom is -0.394 e. The third-order valence-electron chi connectivity index (χ3n) is 1.19. The summed E-state index contributed by atoms with van der Waals surface area (Å²) in [5.41, 5.74) is 0. The molecule has 0 fully saturated rings. The number of rotatable bonds is 6. The molecular weight excluding hydrogens is 220 g/mol. The highest BCUT2D eigenvalue weighted by molar-refractivity contribution is 5.79. The van der Waals surface area contributed by atoms with Crippen molar-refractivity contribution in [3.63, 3.8) is 0 Å². The van der Waals surface area contributed by atoms with Gasteiger partial charge in [-0.2, -0.15) is 0 Å². The Labute approximate surface area is 110 Å². The average Bonchev–Trinajstić information content (AvgIpc) is 2.00. The molecule has 0 amide bonds. The molecule has 114 valence electrons. The van der Waals surface area contributed by atoms with Crippen molar-refractivity contribution < 1.29 is 19.7 Å². The third-order valence-corrected chi connectivity index (χ3v) is 1.19. The molecule has 17 heavy (non-hydrogen) atoms. The van der Waals surface area contributed by atoms with Gasteiger partial charge in [0.2, 0.25) is 0 Å². The molecule has 0 spiro atoms. The molecule has 0 radical (unpaired) electrons. The van der Waals surface area contributed by atoms with Gasteiger partial charge in [-0.1, -0.05) is 44.6 Å². The molecule has 0 aliphatic heterocycles. The first-order valence-corrected chi connectivity index (χ1v) is 3.55. The summed E-state index contributed by atoms with van der Waals surface area (Å²) in [7, 11) is 0. The minimum atomic E-state index is -0.438. The molecule has 0 aromatic heterocycles. The van der Waals surface area contributed by atoms with Crippen LogP contribution in [-0.2, 0) is 9.53 Å². The summed E-state index contributed by atoms with van der Waals surface area (Å²) in [5.74, 6) is -0.240. The smallest absolute Gasteiger partial charge is 0.160 e. The first kappa shape index (κ1) is 43.9. The highest BCUT2D eigenvalue weighted by Crippen LogP contribution is 1.97. The van der Waals surface area contributed by atoms with E-state index in [9.17, 15) is 4.79 Å². The van der Waals surface area contributed by atoms with Crippen LogP contribution in [0.25, 0.3) is 0 Å². The molecule has 0 saturated carbocycles. The molecule has 0 rings (SSSR count). The number of Topliss-reactive ketones (excluding diaryl/α,β-unsaturated/α-hetero) is 1. The number of hydrogen-bond donors (Lipinski definition) is 2. The summed E-state index contributed by atoms with van der Waals surface area (Å²) in [6.07, 6.45) is -0.0157. The number of carbonyl (C=O) groups excluding carboxylic acids is 1. The highest BCUT2D eigenvalue weighted by atomic mass is 16.5. The van der Waals surface area contributed by atoms with E-state index < -0.39 is 6.61 Å². The van der Waals surface area contributed by atoms with Crippen LogP contribution < -0.4 is 0 Å². The number of ether oxygens (including phenoxy) is 1. The number of aliphatic hydroxyl groups is 2. The van der Waals surface area contributed by atoms with Gasteiger partial charge in [-0.05, 0) is 6.92 Å². The topological polar surface area (TPSA) is 66.8 Å². The Bertz CT molecular complexity index is 116. The highest BCUT2D eigenvalue weighted by Gasteiger charge is 2.07. The maximum Gasteiger partial charge on any atom is 0.160 e. The summed E-state index contributed by atoms with van der Waals surface area (Å²) in [4.78, 5) is 10.6. The van der Waals surface area contributed by atoms with Gasteiger partial charge in [0, 0.05) is 6.42 Å². The quantitative estimate of drug-likeness (QED) is 0.768. The van der Waals surface area contributed by atoms with Crippen LogP contribution in [0.5, 0.6) is 0 Å². The second kappa shape index (κ2) is 29.6. The summed E-state index contributed by atoms with van der Waals surface area (Å²) >= 11 is 0. The number of aliphatic hydroxyl groups excluding tert-OH is 2. The van der Waals surface area contributed by atoms with E-state index in [0.717, 1.165) is 0 Å². The largest absolute Gasteiger partial charge is 0.394 e. The first-order valence-electron chi connectivity index (χ1n) is 3.55. The Balaban J connectivity index is -0.0000000333. The third kappa shape index (κ3) is 31.3. The molecule has 4 heteroatoms. The van der Waals surface area contributed by atoms with E-state index in [-0.39, 0.29) is 76.1 Å². The second-order valence-electron chi connectivity index (χ2n) is 2.31. The zero-order valence-corrected chi connectivity index (χ0v) is 6.62. The second-order valence-corrected chi connectivity index (χ2v) is 2.31. The van der Waals surface area contributed by atoms with Crippen molar-refractivity contribution in [2.75, 3.05) is 19.8 Å². The summed E-state index contributed by atoms with van der Waals surface area (Å²) in [6.45, 7) is 1.48. The molecule has 0 aromatic carbocycles. The maximum atomic E-state index is 10.6. The van der Waals surface area contributed by atoms with Gasteiger partial charge < -0.3 is 14.9 Å². The van der Waals surface area contributed by atoms with Crippen molar-refractivity contribution in [2.45, 2.75) is 64.0 Å².